The SMILES string of the molecule is C#CC#CC#CC#CC#CC#CC#CNC(C)=O.CCCCCCCCCCCC(=O)O[C@@H](COCO)COP(=O)([O-])[O-].[HH].[HH].[HH].[HH].[HH].[HH].[HH].[HH].[HH].[HH].[HH].[HH].[HH].[Na+].[Na+]. The summed E-state index contributed by atoms with van der Waals surface area (Å²) < 4.78 is 24.2. The van der Waals surface area contributed by atoms with E-state index < -0.39 is 33.3 Å². The maximum atomic E-state index is 11.7. The summed E-state index contributed by atoms with van der Waals surface area (Å²) in [7, 11) is -5.15. The smallest absolute Gasteiger partial charge is 0.790 e. The Hall–Kier alpha value is -2.11. The molecule has 1 amide bonds. The molecule has 0 saturated carbocycles. The standard InChI is InChI=1S/C16H5NO.C16H33O8P.2Na.13H2/c1-3-4-5-6-7-8-9-10-11-12-13-14-15-17-16(2)18;1-2-3-4-5-6-7-8-9-10-11-16(18)24-15(12-22-14-17)13-23-25(19,20)21;;;;;;;;;;;;;;;/h1H,2H3,(H,17,18);15,17H,2-14H2,1H3,(H2,19,20,21);;;13*1H/q;;2*+1;;;;;;;;;;;;;/p-2/t;15-;;;;;;;;;;;;;;;/m.0.............../s1. The minimum Gasteiger partial charge on any atom is -0.790 e. The third kappa shape index (κ3) is 46.4. The fourth-order valence-corrected chi connectivity index (χ4v) is 3.12. The van der Waals surface area contributed by atoms with Crippen molar-refractivity contribution in [3.8, 4) is 83.5 Å². The Balaban J connectivity index is -0.0000000315. The van der Waals surface area contributed by atoms with Gasteiger partial charge in [-0.3, -0.25) is 14.9 Å². The number of aliphatic hydroxyl groups is 1. The van der Waals surface area contributed by atoms with Crippen molar-refractivity contribution in [1.29, 1.82) is 0 Å². The maximum absolute atomic E-state index is 11.7. The van der Waals surface area contributed by atoms with Gasteiger partial charge >= 0.3 is 65.1 Å². The van der Waals surface area contributed by atoms with Crippen molar-refractivity contribution >= 4 is 19.7 Å². The third-order valence-corrected chi connectivity index (χ3v) is 5.06. The van der Waals surface area contributed by atoms with Crippen LogP contribution in [0.4, 0.5) is 0 Å². The van der Waals surface area contributed by atoms with Gasteiger partial charge in [0.25, 0.3) is 0 Å². The van der Waals surface area contributed by atoms with E-state index in [-0.39, 0.29) is 96.6 Å². The van der Waals surface area contributed by atoms with Gasteiger partial charge in [0.15, 0.2) is 0 Å². The number of amides is 1. The number of carbonyl (C=O) groups excluding carboxylic acids is 2. The quantitative estimate of drug-likeness (QED) is 0.0358. The van der Waals surface area contributed by atoms with Crippen molar-refractivity contribution in [1.82, 2.24) is 5.32 Å². The van der Waals surface area contributed by atoms with Gasteiger partial charge in [-0.05, 0) is 41.9 Å². The molecule has 0 unspecified atom stereocenters. The summed E-state index contributed by atoms with van der Waals surface area (Å²) in [6, 6.07) is 2.33. The molecule has 0 aliphatic rings. The Labute approximate surface area is 331 Å². The fraction of sp³-hybridized carbons (Fsp3) is 0.500. The van der Waals surface area contributed by atoms with Crippen LogP contribution in [0.15, 0.2) is 0 Å². The first-order valence-corrected chi connectivity index (χ1v) is 14.9. The summed E-state index contributed by atoms with van der Waals surface area (Å²) in [5.74, 6) is 27.9. The number of ether oxygens (including phenoxy) is 2. The number of esters is 1. The molecule has 0 aliphatic heterocycles. The Bertz CT molecular complexity index is 1350. The van der Waals surface area contributed by atoms with Crippen LogP contribution in [-0.2, 0) is 28.2 Å². The summed E-state index contributed by atoms with van der Waals surface area (Å²) in [6.45, 7) is 2.06. The number of terminal acetylenes is 1. The van der Waals surface area contributed by atoms with E-state index in [1.807, 2.05) is 0 Å². The number of unbranched alkanes of at least 4 members (excludes halogenated alkanes) is 8. The summed E-state index contributed by atoms with van der Waals surface area (Å²) in [4.78, 5) is 43.1. The molecule has 0 aromatic heterocycles. The molecule has 0 fully saturated rings. The topological polar surface area (TPSA) is 157 Å². The van der Waals surface area contributed by atoms with Crippen LogP contribution in [0.5, 0.6) is 0 Å². The molecule has 0 rings (SSSR count). The molecule has 0 aromatic carbocycles. The molecule has 256 valence electrons. The number of nitrogens with one attached hydrogen (secondary N) is 1. The van der Waals surface area contributed by atoms with Gasteiger partial charge in [0.2, 0.25) is 5.91 Å². The first-order chi connectivity index (χ1) is 20.7. The van der Waals surface area contributed by atoms with Crippen molar-refractivity contribution in [3.05, 3.63) is 0 Å². The second-order valence-corrected chi connectivity index (χ2v) is 9.41. The molecule has 0 radical (unpaired) electrons. The van der Waals surface area contributed by atoms with Crippen LogP contribution >= 0.6 is 7.82 Å². The molecular formula is C32H62NNa2O9P. The van der Waals surface area contributed by atoms with E-state index in [0.29, 0.717) is 6.42 Å². The van der Waals surface area contributed by atoms with Crippen LogP contribution < -0.4 is 74.2 Å². The molecule has 0 heterocycles. The van der Waals surface area contributed by atoms with E-state index in [2.05, 4.69) is 98.6 Å². The zero-order valence-corrected chi connectivity index (χ0v) is 31.4. The van der Waals surface area contributed by atoms with Gasteiger partial charge in [-0.2, -0.15) is 0 Å². The van der Waals surface area contributed by atoms with E-state index in [1.165, 1.54) is 39.0 Å². The van der Waals surface area contributed by atoms with Gasteiger partial charge in [-0.15, -0.1) is 6.42 Å². The molecule has 0 aromatic rings. The van der Waals surface area contributed by atoms with E-state index in [9.17, 15) is 23.9 Å². The first kappa shape index (κ1) is 49.8. The summed E-state index contributed by atoms with van der Waals surface area (Å²) in [6.07, 6.45) is 14.1. The number of hydrogen-bond donors (Lipinski definition) is 2. The van der Waals surface area contributed by atoms with Gasteiger partial charge in [0.05, 0.1) is 21.0 Å². The average molecular weight is 682 g/mol. The average Bonchev–Trinajstić information content (AvgIpc) is 2.95. The fourth-order valence-electron chi connectivity index (χ4n) is 2.77. The Morgan fingerprint density at radius 3 is 1.73 bits per heavy atom. The zero-order chi connectivity index (χ0) is 32.4. The number of phosphoric ester groups is 1. The van der Waals surface area contributed by atoms with Crippen LogP contribution in [0.2, 0.25) is 0 Å². The second kappa shape index (κ2) is 38.1. The Morgan fingerprint density at radius 2 is 1.29 bits per heavy atom. The van der Waals surface area contributed by atoms with E-state index >= 15 is 0 Å². The normalized spacial score (nSPS) is 9.07. The predicted octanol–water partition coefficient (Wildman–Crippen LogP) is -1.43. The van der Waals surface area contributed by atoms with Gasteiger partial charge < -0.3 is 33.5 Å². The van der Waals surface area contributed by atoms with Gasteiger partial charge in [-0.25, -0.2) is 0 Å². The van der Waals surface area contributed by atoms with Crippen LogP contribution in [0.25, 0.3) is 0 Å². The van der Waals surface area contributed by atoms with Gasteiger partial charge in [0.1, 0.15) is 12.9 Å². The number of hydrogen-bond acceptors (Lipinski definition) is 9. The molecule has 0 bridgehead atoms. The van der Waals surface area contributed by atoms with Crippen LogP contribution in [0.1, 0.15) is 96.6 Å². The molecular weight excluding hydrogens is 619 g/mol. The molecule has 10 nitrogen and oxygen atoms in total. The minimum absolute atomic E-state index is 0. The number of phosphoric acid groups is 1. The summed E-state index contributed by atoms with van der Waals surface area (Å²) in [5.41, 5.74) is 0. The third-order valence-electron chi connectivity index (χ3n) is 4.59. The van der Waals surface area contributed by atoms with Crippen molar-refractivity contribution in [3.63, 3.8) is 0 Å². The first-order valence-electron chi connectivity index (χ1n) is 13.4. The predicted molar refractivity (Wildman–Crippen MR) is 185 cm³/mol. The Morgan fingerprint density at radius 1 is 0.822 bits per heavy atom. The van der Waals surface area contributed by atoms with Gasteiger partial charge in [-0.1, -0.05) is 58.3 Å². The number of rotatable bonds is 17. The van der Waals surface area contributed by atoms with Crippen molar-refractivity contribution in [2.75, 3.05) is 20.0 Å². The molecule has 2 N–H and O–H groups in total. The van der Waals surface area contributed by atoms with Crippen LogP contribution in [0, 0.1) is 83.5 Å². The molecule has 45 heavy (non-hydrogen) atoms. The van der Waals surface area contributed by atoms with Crippen LogP contribution in [-0.4, -0.2) is 43.1 Å². The molecule has 0 aliphatic carbocycles. The molecule has 0 spiro atoms. The summed E-state index contributed by atoms with van der Waals surface area (Å²) >= 11 is 0. The van der Waals surface area contributed by atoms with Crippen molar-refractivity contribution in [2.45, 2.75) is 84.2 Å². The van der Waals surface area contributed by atoms with Crippen molar-refractivity contribution in [2.24, 2.45) is 0 Å². The second-order valence-electron chi connectivity index (χ2n) is 8.26. The summed E-state index contributed by atoms with van der Waals surface area (Å²) in [5, 5.41) is 10.8. The van der Waals surface area contributed by atoms with E-state index in [4.69, 9.17) is 16.3 Å². The molecule has 1 atom stereocenters. The van der Waals surface area contributed by atoms with Crippen LogP contribution in [0.3, 0.4) is 0 Å². The number of carbonyl (C=O) groups is 2. The monoisotopic (exact) mass is 681 g/mol. The number of aliphatic hydroxyl groups excluding tert-OH is 1. The minimum atomic E-state index is -5.15. The largest absolute Gasteiger partial charge is 1.00 e. The van der Waals surface area contributed by atoms with Gasteiger partial charge in [0, 0.05) is 73.5 Å². The molecule has 0 saturated heterocycles. The zero-order valence-electron chi connectivity index (χ0n) is 26.5. The van der Waals surface area contributed by atoms with E-state index in [0.717, 1.165) is 19.3 Å². The maximum Gasteiger partial charge on any atom is 1.00 e. The molecule has 13 heteroatoms. The van der Waals surface area contributed by atoms with E-state index in [1.54, 1.807) is 0 Å². The Kier molecular flexibility index (Phi) is 42.1. The van der Waals surface area contributed by atoms with Crippen molar-refractivity contribution < 1.29 is 121 Å².